The highest BCUT2D eigenvalue weighted by Crippen LogP contribution is 2.12. The molecule has 1 aromatic heterocycles. The molecule has 13 N–H and O–H groups in total. The van der Waals surface area contributed by atoms with E-state index in [0.717, 1.165) is 0 Å². The van der Waals surface area contributed by atoms with Crippen LogP contribution in [-0.4, -0.2) is 91.6 Å². The summed E-state index contributed by atoms with van der Waals surface area (Å²) >= 11 is 0. The van der Waals surface area contributed by atoms with Gasteiger partial charge >= 0.3 is 11.9 Å². The van der Waals surface area contributed by atoms with Crippen LogP contribution in [0.3, 0.4) is 0 Å². The quantitative estimate of drug-likeness (QED) is 0.0488. The molecular formula is C26H37N9O8. The van der Waals surface area contributed by atoms with Crippen molar-refractivity contribution in [3.05, 3.63) is 48.0 Å². The van der Waals surface area contributed by atoms with Gasteiger partial charge in [0.15, 0.2) is 5.96 Å². The van der Waals surface area contributed by atoms with Gasteiger partial charge in [-0.1, -0.05) is 12.1 Å². The van der Waals surface area contributed by atoms with E-state index in [4.69, 9.17) is 22.3 Å². The molecule has 1 heterocycles. The van der Waals surface area contributed by atoms with Crippen LogP contribution in [0, 0.1) is 0 Å². The molecule has 3 amide bonds. The Labute approximate surface area is 246 Å². The minimum Gasteiger partial charge on any atom is -0.508 e. The number of aromatic amines is 1. The Kier molecular flexibility index (Phi) is 13.4. The van der Waals surface area contributed by atoms with Gasteiger partial charge in [0, 0.05) is 37.7 Å². The second kappa shape index (κ2) is 16.9. The van der Waals surface area contributed by atoms with Gasteiger partial charge in [-0.05, 0) is 37.0 Å². The molecule has 0 saturated heterocycles. The smallest absolute Gasteiger partial charge is 0.326 e. The van der Waals surface area contributed by atoms with Crippen molar-refractivity contribution in [1.82, 2.24) is 25.9 Å². The topological polar surface area (TPSA) is 301 Å². The van der Waals surface area contributed by atoms with Crippen LogP contribution in [0.5, 0.6) is 5.75 Å². The molecule has 17 heteroatoms. The lowest BCUT2D eigenvalue weighted by molar-refractivity contribution is -0.142. The molecule has 0 spiro atoms. The van der Waals surface area contributed by atoms with E-state index < -0.39 is 53.8 Å². The predicted octanol–water partition coefficient (Wildman–Crippen LogP) is -2.31. The van der Waals surface area contributed by atoms with Crippen LogP contribution in [0.15, 0.2) is 41.8 Å². The van der Waals surface area contributed by atoms with E-state index in [2.05, 4.69) is 30.9 Å². The third-order valence-corrected chi connectivity index (χ3v) is 6.19. The van der Waals surface area contributed by atoms with E-state index in [0.29, 0.717) is 11.3 Å². The van der Waals surface area contributed by atoms with Crippen molar-refractivity contribution >= 4 is 35.6 Å². The Balaban J connectivity index is 2.22. The van der Waals surface area contributed by atoms with Crippen molar-refractivity contribution in [2.75, 3.05) is 6.54 Å². The van der Waals surface area contributed by atoms with Crippen LogP contribution < -0.4 is 33.2 Å². The fourth-order valence-corrected chi connectivity index (χ4v) is 3.90. The van der Waals surface area contributed by atoms with E-state index >= 15 is 0 Å². The number of nitrogens with zero attached hydrogens (tertiary/aromatic N) is 2. The summed E-state index contributed by atoms with van der Waals surface area (Å²) in [5, 5.41) is 35.6. The second-order valence-electron chi connectivity index (χ2n) is 9.66. The summed E-state index contributed by atoms with van der Waals surface area (Å²) < 4.78 is 0. The number of phenols is 1. The van der Waals surface area contributed by atoms with Gasteiger partial charge in [-0.25, -0.2) is 9.78 Å². The molecule has 0 bridgehead atoms. The van der Waals surface area contributed by atoms with Crippen molar-refractivity contribution < 1.29 is 39.3 Å². The number of carboxylic acids is 2. The molecule has 0 aliphatic rings. The van der Waals surface area contributed by atoms with Gasteiger partial charge in [-0.2, -0.15) is 0 Å². The average Bonchev–Trinajstić information content (AvgIpc) is 3.46. The molecule has 234 valence electrons. The third kappa shape index (κ3) is 12.5. The number of aliphatic carboxylic acids is 2. The molecule has 0 aliphatic heterocycles. The molecule has 4 unspecified atom stereocenters. The average molecular weight is 604 g/mol. The number of aromatic nitrogens is 2. The number of aromatic hydroxyl groups is 1. The Hall–Kier alpha value is -5.19. The first-order chi connectivity index (χ1) is 20.3. The monoisotopic (exact) mass is 603 g/mol. The number of amides is 3. The number of imidazole rings is 1. The number of carboxylic acid groups (broad SMARTS) is 2. The predicted molar refractivity (Wildman–Crippen MR) is 152 cm³/mol. The lowest BCUT2D eigenvalue weighted by Crippen LogP contribution is -2.57. The molecule has 17 nitrogen and oxygen atoms in total. The number of hydrogen-bond acceptors (Lipinski definition) is 9. The number of rotatable bonds is 18. The van der Waals surface area contributed by atoms with E-state index in [9.17, 15) is 34.2 Å². The highest BCUT2D eigenvalue weighted by atomic mass is 16.4. The third-order valence-electron chi connectivity index (χ3n) is 6.19. The van der Waals surface area contributed by atoms with E-state index in [1.54, 1.807) is 0 Å². The number of aliphatic imine (C=N–C) groups is 1. The van der Waals surface area contributed by atoms with E-state index in [-0.39, 0.29) is 56.8 Å². The largest absolute Gasteiger partial charge is 0.508 e. The van der Waals surface area contributed by atoms with Gasteiger partial charge in [-0.3, -0.25) is 24.2 Å². The number of nitrogens with two attached hydrogens (primary N) is 3. The van der Waals surface area contributed by atoms with Gasteiger partial charge in [0.1, 0.15) is 23.9 Å². The number of carbonyl (C=O) groups is 5. The summed E-state index contributed by atoms with van der Waals surface area (Å²) in [5.74, 6) is -5.04. The first kappa shape index (κ1) is 34.0. The maximum atomic E-state index is 13.4. The summed E-state index contributed by atoms with van der Waals surface area (Å²) in [6.07, 6.45) is 2.31. The minimum atomic E-state index is -1.37. The lowest BCUT2D eigenvalue weighted by atomic mass is 10.0. The van der Waals surface area contributed by atoms with Crippen LogP contribution in [0.2, 0.25) is 0 Å². The van der Waals surface area contributed by atoms with Crippen molar-refractivity contribution in [2.24, 2.45) is 22.2 Å². The standard InChI is InChI=1S/C26H37N9O8/c27-17(7-8-21(37)38)22(39)33-18(2-1-9-31-26(28)29)23(40)34-19(11-15-12-30-13-32-15)24(41)35-20(25(42)43)10-14-3-5-16(36)6-4-14/h3-6,12-13,17-20,36H,1-2,7-11,27H2,(H,30,32)(H,33,39)(H,34,40)(H,35,41)(H,37,38)(H,42,43)(H4,28,29,31). The van der Waals surface area contributed by atoms with Crippen LogP contribution in [0.4, 0.5) is 0 Å². The molecule has 2 aromatic rings. The zero-order valence-corrected chi connectivity index (χ0v) is 23.2. The van der Waals surface area contributed by atoms with Crippen molar-refractivity contribution in [2.45, 2.75) is 62.7 Å². The molecule has 0 fully saturated rings. The number of nitrogens with one attached hydrogen (secondary N) is 4. The lowest BCUT2D eigenvalue weighted by Gasteiger charge is -2.25. The molecule has 0 saturated carbocycles. The molecule has 43 heavy (non-hydrogen) atoms. The molecule has 0 radical (unpaired) electrons. The highest BCUT2D eigenvalue weighted by molar-refractivity contribution is 5.94. The zero-order valence-electron chi connectivity index (χ0n) is 23.2. The summed E-state index contributed by atoms with van der Waals surface area (Å²) in [7, 11) is 0. The number of guanidine groups is 1. The number of phenolic OH excluding ortho intramolecular Hbond substituents is 1. The summed E-state index contributed by atoms with van der Waals surface area (Å²) in [6, 6.07) is 0.675. The minimum absolute atomic E-state index is 0.00946. The van der Waals surface area contributed by atoms with Crippen LogP contribution in [0.25, 0.3) is 0 Å². The summed E-state index contributed by atoms with van der Waals surface area (Å²) in [6.45, 7) is 0.128. The zero-order chi connectivity index (χ0) is 31.9. The first-order valence-corrected chi connectivity index (χ1v) is 13.3. The van der Waals surface area contributed by atoms with Gasteiger partial charge in [0.2, 0.25) is 17.7 Å². The fraction of sp³-hybridized carbons (Fsp3) is 0.423. The van der Waals surface area contributed by atoms with E-state index in [1.807, 2.05) is 0 Å². The Bertz CT molecular complexity index is 1260. The maximum absolute atomic E-state index is 13.4. The molecule has 2 rings (SSSR count). The molecule has 4 atom stereocenters. The number of hydrogen-bond donors (Lipinski definition) is 10. The maximum Gasteiger partial charge on any atom is 0.326 e. The SMILES string of the molecule is NC(N)=NCCCC(NC(=O)C(N)CCC(=O)O)C(=O)NC(Cc1cnc[nH]1)C(=O)NC(Cc1ccc(O)cc1)C(=O)O. The first-order valence-electron chi connectivity index (χ1n) is 13.3. The Morgan fingerprint density at radius 2 is 1.51 bits per heavy atom. The normalized spacial score (nSPS) is 13.5. The molecule has 1 aromatic carbocycles. The van der Waals surface area contributed by atoms with E-state index in [1.165, 1.54) is 36.8 Å². The van der Waals surface area contributed by atoms with Crippen LogP contribution in [0.1, 0.15) is 36.9 Å². The molecule has 0 aliphatic carbocycles. The number of carbonyl (C=O) groups excluding carboxylic acids is 3. The van der Waals surface area contributed by atoms with Gasteiger partial charge in [0.25, 0.3) is 0 Å². The summed E-state index contributed by atoms with van der Waals surface area (Å²) in [5.41, 5.74) is 17.5. The Morgan fingerprint density at radius 1 is 0.884 bits per heavy atom. The summed E-state index contributed by atoms with van der Waals surface area (Å²) in [4.78, 5) is 72.7. The van der Waals surface area contributed by atoms with Gasteiger partial charge in [0.05, 0.1) is 12.4 Å². The highest BCUT2D eigenvalue weighted by Gasteiger charge is 2.31. The van der Waals surface area contributed by atoms with Crippen LogP contribution >= 0.6 is 0 Å². The van der Waals surface area contributed by atoms with Crippen molar-refractivity contribution in [3.8, 4) is 5.75 Å². The molecular weight excluding hydrogens is 566 g/mol. The number of H-pyrrole nitrogens is 1. The van der Waals surface area contributed by atoms with Crippen LogP contribution in [-0.2, 0) is 36.8 Å². The second-order valence-corrected chi connectivity index (χ2v) is 9.66. The fourth-order valence-electron chi connectivity index (χ4n) is 3.90. The Morgan fingerprint density at radius 3 is 2.09 bits per heavy atom. The van der Waals surface area contributed by atoms with Gasteiger partial charge in [-0.15, -0.1) is 0 Å². The number of benzene rings is 1. The van der Waals surface area contributed by atoms with Crippen molar-refractivity contribution in [1.29, 1.82) is 0 Å². The van der Waals surface area contributed by atoms with Gasteiger partial charge < -0.3 is 53.5 Å². The van der Waals surface area contributed by atoms with Crippen molar-refractivity contribution in [3.63, 3.8) is 0 Å².